The lowest BCUT2D eigenvalue weighted by molar-refractivity contribution is -0.114. The Hall–Kier alpha value is -6.50. The highest BCUT2D eigenvalue weighted by Crippen LogP contribution is 2.26. The van der Waals surface area contributed by atoms with Crippen molar-refractivity contribution in [2.45, 2.75) is 18.8 Å². The smallest absolute Gasteiger partial charge is 0.234 e. The molecule has 0 saturated carbocycles. The molecule has 2 atom stereocenters. The second-order valence-electron chi connectivity index (χ2n) is 10.7. The van der Waals surface area contributed by atoms with Crippen molar-refractivity contribution < 1.29 is 18.4 Å². The topological polar surface area (TPSA) is 258 Å². The van der Waals surface area contributed by atoms with E-state index in [1.165, 1.54) is 12.5 Å². The van der Waals surface area contributed by atoms with Crippen LogP contribution in [0, 0.1) is 22.7 Å². The summed E-state index contributed by atoms with van der Waals surface area (Å²) in [5.41, 5.74) is 14.6. The number of carbonyl (C=O) groups excluding carboxylic acids is 2. The van der Waals surface area contributed by atoms with Crippen LogP contribution in [0.4, 0.5) is 11.4 Å². The number of furan rings is 2. The Balaban J connectivity index is 1.03. The highest BCUT2D eigenvalue weighted by Gasteiger charge is 2.22. The highest BCUT2D eigenvalue weighted by atomic mass is 32.2. The summed E-state index contributed by atoms with van der Waals surface area (Å²) in [6.45, 7) is 0. The SMILES string of the molecule is N#Cc1cc(NC(=O)CSC2=N[C@@H](c3ccco3)N=C(N)N2)ccc1Cc1ccc(NC(=O)CSC2=N[C@@H](c3ccco3)N=C(N)N2)cc1C#N. The number of carbonyl (C=O) groups is 2. The predicted molar refractivity (Wildman–Crippen MR) is 195 cm³/mol. The number of amidine groups is 2. The van der Waals surface area contributed by atoms with Crippen molar-refractivity contribution in [3.63, 3.8) is 0 Å². The summed E-state index contributed by atoms with van der Waals surface area (Å²) in [5, 5.41) is 31.8. The molecule has 2 aromatic heterocycles. The maximum absolute atomic E-state index is 12.7. The van der Waals surface area contributed by atoms with Crippen molar-refractivity contribution in [1.82, 2.24) is 10.6 Å². The van der Waals surface area contributed by atoms with Gasteiger partial charge in [-0.15, -0.1) is 0 Å². The molecule has 0 fully saturated rings. The number of nitrogens with two attached hydrogens (primary N) is 2. The fourth-order valence-electron chi connectivity index (χ4n) is 4.86. The summed E-state index contributed by atoms with van der Waals surface area (Å²) < 4.78 is 10.7. The Morgan fingerprint density at radius 3 is 1.57 bits per heavy atom. The molecule has 0 aliphatic carbocycles. The van der Waals surface area contributed by atoms with Crippen LogP contribution in [0.2, 0.25) is 0 Å². The second-order valence-corrected chi connectivity index (χ2v) is 12.7. The number of hydrogen-bond donors (Lipinski definition) is 6. The number of benzene rings is 2. The molecular weight excluding hydrogens is 693 g/mol. The van der Waals surface area contributed by atoms with Gasteiger partial charge in [-0.1, -0.05) is 35.7 Å². The molecule has 51 heavy (non-hydrogen) atoms. The number of anilines is 2. The fraction of sp³-hybridized carbons (Fsp3) is 0.152. The van der Waals surface area contributed by atoms with Gasteiger partial charge in [-0.3, -0.25) is 9.59 Å². The summed E-state index contributed by atoms with van der Waals surface area (Å²) >= 11 is 2.29. The first-order chi connectivity index (χ1) is 24.8. The van der Waals surface area contributed by atoms with Gasteiger partial charge in [0.1, 0.15) is 0 Å². The van der Waals surface area contributed by atoms with Gasteiger partial charge in [0.05, 0.1) is 47.3 Å². The van der Waals surface area contributed by atoms with E-state index >= 15 is 0 Å². The third-order valence-corrected chi connectivity index (χ3v) is 8.93. The number of nitrogens with one attached hydrogen (secondary N) is 4. The lowest BCUT2D eigenvalue weighted by Crippen LogP contribution is -2.39. The predicted octanol–water partition coefficient (Wildman–Crippen LogP) is 3.50. The van der Waals surface area contributed by atoms with Crippen LogP contribution in [0.5, 0.6) is 0 Å². The lowest BCUT2D eigenvalue weighted by Gasteiger charge is -2.17. The van der Waals surface area contributed by atoms with Crippen molar-refractivity contribution in [3.05, 3.63) is 107 Å². The molecule has 16 nitrogen and oxygen atoms in total. The standard InChI is InChI=1S/C33H28N12O4S2/c34-14-20-12-22(38-26(46)16-50-32-42-28(40-30(36)44-32)24-3-1-9-48-24)7-5-18(20)11-19-6-8-23(13-21(19)15-35)39-27(47)17-51-33-43-29(41-31(37)45-33)25-4-2-10-49-25/h1-10,12-13,28-29H,11,16-17H2,(H,38,46)(H,39,47)(H3,36,40,42,44)(H3,37,41,43,45)/t28-,29-/m0/s1. The third-order valence-electron chi connectivity index (χ3n) is 7.16. The summed E-state index contributed by atoms with van der Waals surface area (Å²) in [5.74, 6) is 0.744. The molecule has 256 valence electrons. The normalized spacial score (nSPS) is 16.5. The van der Waals surface area contributed by atoms with E-state index in [1.54, 1.807) is 60.7 Å². The Labute approximate surface area is 299 Å². The number of hydrogen-bond acceptors (Lipinski definition) is 16. The Kier molecular flexibility index (Phi) is 10.7. The molecule has 4 aromatic rings. The number of aliphatic imine (C=N–C) groups is 4. The van der Waals surface area contributed by atoms with E-state index in [9.17, 15) is 20.1 Å². The number of nitriles is 2. The number of thioether (sulfide) groups is 2. The van der Waals surface area contributed by atoms with Crippen molar-refractivity contribution in [2.75, 3.05) is 22.1 Å². The van der Waals surface area contributed by atoms with E-state index in [-0.39, 0.29) is 41.7 Å². The monoisotopic (exact) mass is 720 g/mol. The van der Waals surface area contributed by atoms with Crippen molar-refractivity contribution in [1.29, 1.82) is 10.5 Å². The molecule has 2 aliphatic rings. The maximum atomic E-state index is 12.7. The van der Waals surface area contributed by atoms with E-state index in [0.717, 1.165) is 23.5 Å². The van der Waals surface area contributed by atoms with E-state index in [1.807, 2.05) is 0 Å². The molecule has 0 radical (unpaired) electrons. The van der Waals surface area contributed by atoms with Crippen LogP contribution in [0.15, 0.2) is 102 Å². The van der Waals surface area contributed by atoms with Crippen LogP contribution in [0.1, 0.15) is 46.1 Å². The molecule has 2 aromatic carbocycles. The average Bonchev–Trinajstić information content (AvgIpc) is 3.87. The van der Waals surface area contributed by atoms with Gasteiger partial charge in [-0.05, 0) is 59.7 Å². The van der Waals surface area contributed by atoms with Gasteiger partial charge in [-0.25, -0.2) is 20.0 Å². The minimum atomic E-state index is -0.641. The fourth-order valence-corrected chi connectivity index (χ4v) is 6.24. The maximum Gasteiger partial charge on any atom is 0.234 e. The third kappa shape index (κ3) is 8.95. The summed E-state index contributed by atoms with van der Waals surface area (Å²) in [6, 6.07) is 21.2. The molecule has 6 rings (SSSR count). The van der Waals surface area contributed by atoms with Crippen LogP contribution in [-0.4, -0.2) is 45.6 Å². The van der Waals surface area contributed by atoms with Gasteiger partial charge in [0, 0.05) is 17.8 Å². The van der Waals surface area contributed by atoms with Gasteiger partial charge < -0.3 is 41.6 Å². The Morgan fingerprint density at radius 2 is 1.18 bits per heavy atom. The number of amides is 2. The first-order valence-corrected chi connectivity index (χ1v) is 17.1. The molecule has 18 heteroatoms. The Morgan fingerprint density at radius 1 is 0.725 bits per heavy atom. The van der Waals surface area contributed by atoms with E-state index < -0.39 is 12.3 Å². The molecule has 0 bridgehead atoms. The quantitative estimate of drug-likeness (QED) is 0.138. The van der Waals surface area contributed by atoms with Crippen LogP contribution in [0.3, 0.4) is 0 Å². The zero-order chi connectivity index (χ0) is 35.7. The highest BCUT2D eigenvalue weighted by molar-refractivity contribution is 8.14. The number of nitrogens with zero attached hydrogens (tertiary/aromatic N) is 6. The molecule has 2 amide bonds. The second kappa shape index (κ2) is 15.8. The van der Waals surface area contributed by atoms with Gasteiger partial charge >= 0.3 is 0 Å². The minimum absolute atomic E-state index is 0.0159. The van der Waals surface area contributed by atoms with Crippen LogP contribution < -0.4 is 32.7 Å². The van der Waals surface area contributed by atoms with Crippen LogP contribution in [0.25, 0.3) is 0 Å². The molecule has 2 aliphatic heterocycles. The van der Waals surface area contributed by atoms with Gasteiger partial charge in [0.25, 0.3) is 0 Å². The lowest BCUT2D eigenvalue weighted by atomic mass is 9.96. The molecule has 8 N–H and O–H groups in total. The van der Waals surface area contributed by atoms with E-state index in [0.29, 0.717) is 55.5 Å². The minimum Gasteiger partial charge on any atom is -0.465 e. The van der Waals surface area contributed by atoms with Gasteiger partial charge in [0.15, 0.2) is 33.8 Å². The van der Waals surface area contributed by atoms with Crippen molar-refractivity contribution >= 4 is 69.0 Å². The summed E-state index contributed by atoms with van der Waals surface area (Å²) in [7, 11) is 0. The van der Waals surface area contributed by atoms with Gasteiger partial charge in [0.2, 0.25) is 24.1 Å². The van der Waals surface area contributed by atoms with Crippen LogP contribution in [-0.2, 0) is 16.0 Å². The van der Waals surface area contributed by atoms with E-state index in [2.05, 4.69) is 53.4 Å². The number of guanidine groups is 2. The molecule has 4 heterocycles. The van der Waals surface area contributed by atoms with Crippen LogP contribution >= 0.6 is 23.5 Å². The average molecular weight is 721 g/mol. The first-order valence-electron chi connectivity index (χ1n) is 15.1. The molecular formula is C33H28N12O4S2. The largest absolute Gasteiger partial charge is 0.465 e. The molecule has 0 unspecified atom stereocenters. The summed E-state index contributed by atoms with van der Waals surface area (Å²) in [6.07, 6.45) is 2.02. The zero-order valence-electron chi connectivity index (χ0n) is 26.5. The number of rotatable bonds is 10. The van der Waals surface area contributed by atoms with Gasteiger partial charge in [-0.2, -0.15) is 10.5 Å². The van der Waals surface area contributed by atoms with E-state index in [4.69, 9.17) is 20.3 Å². The Bertz CT molecular complexity index is 2000. The summed E-state index contributed by atoms with van der Waals surface area (Å²) in [4.78, 5) is 42.7. The van der Waals surface area contributed by atoms with Crippen molar-refractivity contribution in [2.24, 2.45) is 31.4 Å². The molecule has 0 saturated heterocycles. The first kappa shape index (κ1) is 34.4. The van der Waals surface area contributed by atoms with Crippen molar-refractivity contribution in [3.8, 4) is 12.1 Å². The molecule has 0 spiro atoms. The zero-order valence-corrected chi connectivity index (χ0v) is 28.1.